The summed E-state index contributed by atoms with van der Waals surface area (Å²) in [6.45, 7) is 5.76. The third-order valence-corrected chi connectivity index (χ3v) is 6.37. The predicted octanol–water partition coefficient (Wildman–Crippen LogP) is 3.75. The molecule has 2 aliphatic heterocycles. The van der Waals surface area contributed by atoms with Crippen LogP contribution in [-0.4, -0.2) is 54.8 Å². The molecule has 1 saturated heterocycles. The van der Waals surface area contributed by atoms with Crippen molar-refractivity contribution in [2.45, 2.75) is 32.7 Å². The highest BCUT2D eigenvalue weighted by atomic mass is 19.1. The van der Waals surface area contributed by atoms with E-state index in [9.17, 15) is 14.0 Å². The molecule has 2 aliphatic rings. The minimum Gasteiger partial charge on any atom is -0.366 e. The van der Waals surface area contributed by atoms with Crippen molar-refractivity contribution in [3.8, 4) is 0 Å². The Bertz CT molecular complexity index is 1050. The number of hydrogen-bond donors (Lipinski definition) is 0. The maximum atomic E-state index is 13.7. The molecule has 0 atom stereocenters. The lowest BCUT2D eigenvalue weighted by Gasteiger charge is -2.36. The van der Waals surface area contributed by atoms with E-state index in [1.54, 1.807) is 12.1 Å². The van der Waals surface area contributed by atoms with E-state index in [0.717, 1.165) is 37.1 Å². The van der Waals surface area contributed by atoms with Gasteiger partial charge in [-0.05, 0) is 76.2 Å². The van der Waals surface area contributed by atoms with Crippen molar-refractivity contribution in [2.24, 2.45) is 0 Å². The molecule has 4 rings (SSSR count). The Kier molecular flexibility index (Phi) is 5.67. The molecule has 2 aromatic rings. The lowest BCUT2D eigenvalue weighted by Crippen LogP contribution is -2.43. The first-order valence-corrected chi connectivity index (χ1v) is 10.7. The SMILES string of the molecule is Cc1ccc(N2C(=O)C(c3ccc(F)cc3)=C(N(C)C3CCN(C)CC3)C2=O)c(C)c1. The van der Waals surface area contributed by atoms with Gasteiger partial charge in [0.1, 0.15) is 11.5 Å². The van der Waals surface area contributed by atoms with Gasteiger partial charge >= 0.3 is 0 Å². The molecule has 0 radical (unpaired) electrons. The minimum atomic E-state index is -0.377. The molecule has 2 aromatic carbocycles. The Labute approximate surface area is 182 Å². The first kappa shape index (κ1) is 21.2. The Balaban J connectivity index is 1.80. The minimum absolute atomic E-state index is 0.164. The summed E-state index contributed by atoms with van der Waals surface area (Å²) in [4.78, 5) is 32.8. The van der Waals surface area contributed by atoms with E-state index in [-0.39, 0.29) is 23.7 Å². The summed E-state index contributed by atoms with van der Waals surface area (Å²) in [6.07, 6.45) is 1.83. The van der Waals surface area contributed by atoms with Gasteiger partial charge in [0.2, 0.25) is 0 Å². The number of rotatable bonds is 4. The number of nitrogens with zero attached hydrogens (tertiary/aromatic N) is 3. The third kappa shape index (κ3) is 3.88. The fourth-order valence-corrected chi connectivity index (χ4v) is 4.56. The van der Waals surface area contributed by atoms with E-state index in [1.807, 2.05) is 44.0 Å². The zero-order valence-electron chi connectivity index (χ0n) is 18.5. The number of likely N-dealkylation sites (N-methyl/N-ethyl adjacent to an activating group) is 1. The van der Waals surface area contributed by atoms with E-state index in [1.165, 1.54) is 17.0 Å². The fraction of sp³-hybridized carbons (Fsp3) is 0.360. The fourth-order valence-electron chi connectivity index (χ4n) is 4.56. The second-order valence-corrected chi connectivity index (χ2v) is 8.61. The molecule has 6 heteroatoms. The average molecular weight is 422 g/mol. The summed E-state index contributed by atoms with van der Waals surface area (Å²) in [5.41, 5.74) is 3.81. The summed E-state index contributed by atoms with van der Waals surface area (Å²) in [5, 5.41) is 0. The standard InChI is InChI=1S/C25H28FN3O2/c1-16-5-10-21(17(2)15-16)29-24(30)22(18-6-8-19(26)9-7-18)23(25(29)31)28(4)20-11-13-27(3)14-12-20/h5-10,15,20H,11-14H2,1-4H3. The summed E-state index contributed by atoms with van der Waals surface area (Å²) < 4.78 is 13.6. The summed E-state index contributed by atoms with van der Waals surface area (Å²) in [6, 6.07) is 11.7. The van der Waals surface area contributed by atoms with E-state index in [2.05, 4.69) is 11.9 Å². The Morgan fingerprint density at radius 1 is 0.968 bits per heavy atom. The van der Waals surface area contributed by atoms with Crippen LogP contribution in [0.4, 0.5) is 10.1 Å². The summed E-state index contributed by atoms with van der Waals surface area (Å²) in [7, 11) is 3.98. The van der Waals surface area contributed by atoms with Crippen LogP contribution in [0.5, 0.6) is 0 Å². The van der Waals surface area contributed by atoms with Gasteiger partial charge in [0.05, 0.1) is 11.3 Å². The lowest BCUT2D eigenvalue weighted by atomic mass is 10.00. The molecule has 31 heavy (non-hydrogen) atoms. The molecule has 0 spiro atoms. The largest absolute Gasteiger partial charge is 0.366 e. The zero-order valence-corrected chi connectivity index (χ0v) is 18.5. The van der Waals surface area contributed by atoms with Gasteiger partial charge in [-0.25, -0.2) is 9.29 Å². The molecule has 1 fully saturated rings. The lowest BCUT2D eigenvalue weighted by molar-refractivity contribution is -0.120. The van der Waals surface area contributed by atoms with Crippen LogP contribution in [0.3, 0.4) is 0 Å². The maximum Gasteiger partial charge on any atom is 0.282 e. The number of halogens is 1. The second-order valence-electron chi connectivity index (χ2n) is 8.61. The average Bonchev–Trinajstić information content (AvgIpc) is 2.99. The Morgan fingerprint density at radius 2 is 1.61 bits per heavy atom. The Hall–Kier alpha value is -2.99. The van der Waals surface area contributed by atoms with Crippen LogP contribution < -0.4 is 4.90 Å². The van der Waals surface area contributed by atoms with Gasteiger partial charge < -0.3 is 9.80 Å². The highest BCUT2D eigenvalue weighted by Crippen LogP contribution is 2.37. The van der Waals surface area contributed by atoms with Crippen molar-refractivity contribution in [3.05, 3.63) is 70.7 Å². The van der Waals surface area contributed by atoms with Crippen LogP contribution in [0.2, 0.25) is 0 Å². The maximum absolute atomic E-state index is 13.7. The second kappa shape index (κ2) is 8.27. The van der Waals surface area contributed by atoms with E-state index in [4.69, 9.17) is 0 Å². The van der Waals surface area contributed by atoms with Crippen LogP contribution in [-0.2, 0) is 9.59 Å². The molecule has 0 bridgehead atoms. The van der Waals surface area contributed by atoms with Crippen molar-refractivity contribution < 1.29 is 14.0 Å². The van der Waals surface area contributed by atoms with E-state index in [0.29, 0.717) is 22.5 Å². The van der Waals surface area contributed by atoms with Gasteiger partial charge in [0.15, 0.2) is 0 Å². The van der Waals surface area contributed by atoms with Gasteiger partial charge in [0, 0.05) is 13.1 Å². The molecule has 0 saturated carbocycles. The molecule has 5 nitrogen and oxygen atoms in total. The summed E-state index contributed by atoms with van der Waals surface area (Å²) in [5.74, 6) is -1.06. The number of imide groups is 1. The van der Waals surface area contributed by atoms with Crippen molar-refractivity contribution in [1.82, 2.24) is 9.80 Å². The molecule has 0 unspecified atom stereocenters. The molecule has 0 N–H and O–H groups in total. The van der Waals surface area contributed by atoms with Gasteiger partial charge in [-0.1, -0.05) is 29.8 Å². The van der Waals surface area contributed by atoms with Gasteiger partial charge in [-0.3, -0.25) is 9.59 Å². The van der Waals surface area contributed by atoms with Crippen LogP contribution in [0.25, 0.3) is 5.57 Å². The number of benzene rings is 2. The first-order valence-electron chi connectivity index (χ1n) is 10.7. The number of carbonyl (C=O) groups is 2. The van der Waals surface area contributed by atoms with Gasteiger partial charge in [0.25, 0.3) is 11.8 Å². The quantitative estimate of drug-likeness (QED) is 0.706. The zero-order chi connectivity index (χ0) is 22.3. The molecular formula is C25H28FN3O2. The predicted molar refractivity (Wildman–Crippen MR) is 120 cm³/mol. The highest BCUT2D eigenvalue weighted by molar-refractivity contribution is 6.45. The third-order valence-electron chi connectivity index (χ3n) is 6.37. The number of aryl methyl sites for hydroxylation is 2. The molecule has 0 aliphatic carbocycles. The van der Waals surface area contributed by atoms with E-state index < -0.39 is 0 Å². The molecule has 2 amide bonds. The van der Waals surface area contributed by atoms with Crippen molar-refractivity contribution in [2.75, 3.05) is 32.1 Å². The molecular weight excluding hydrogens is 393 g/mol. The number of amides is 2. The molecule has 162 valence electrons. The number of piperidine rings is 1. The van der Waals surface area contributed by atoms with Crippen LogP contribution in [0, 0.1) is 19.7 Å². The molecule has 0 aromatic heterocycles. The summed E-state index contributed by atoms with van der Waals surface area (Å²) >= 11 is 0. The van der Waals surface area contributed by atoms with Crippen molar-refractivity contribution in [3.63, 3.8) is 0 Å². The van der Waals surface area contributed by atoms with Gasteiger partial charge in [-0.15, -0.1) is 0 Å². The smallest absolute Gasteiger partial charge is 0.282 e. The van der Waals surface area contributed by atoms with Crippen molar-refractivity contribution in [1.29, 1.82) is 0 Å². The molecule has 2 heterocycles. The van der Waals surface area contributed by atoms with E-state index >= 15 is 0 Å². The first-order chi connectivity index (χ1) is 14.8. The van der Waals surface area contributed by atoms with Crippen LogP contribution in [0.15, 0.2) is 48.2 Å². The Morgan fingerprint density at radius 3 is 2.23 bits per heavy atom. The van der Waals surface area contributed by atoms with Gasteiger partial charge in [-0.2, -0.15) is 0 Å². The number of likely N-dealkylation sites (tertiary alicyclic amines) is 1. The normalized spacial score (nSPS) is 18.3. The number of carbonyl (C=O) groups excluding carboxylic acids is 2. The topological polar surface area (TPSA) is 43.9 Å². The number of anilines is 1. The number of hydrogen-bond acceptors (Lipinski definition) is 4. The highest BCUT2D eigenvalue weighted by Gasteiger charge is 2.43. The van der Waals surface area contributed by atoms with Crippen LogP contribution >= 0.6 is 0 Å². The monoisotopic (exact) mass is 421 g/mol. The van der Waals surface area contributed by atoms with Crippen molar-refractivity contribution >= 4 is 23.1 Å². The van der Waals surface area contributed by atoms with Crippen LogP contribution in [0.1, 0.15) is 29.5 Å².